The fourth-order valence-electron chi connectivity index (χ4n) is 4.28. The average Bonchev–Trinajstić information content (AvgIpc) is 3.35. The zero-order valence-corrected chi connectivity index (χ0v) is 20.6. The van der Waals surface area contributed by atoms with E-state index in [0.717, 1.165) is 11.6 Å². The first-order chi connectivity index (χ1) is 18.8. The van der Waals surface area contributed by atoms with Crippen molar-refractivity contribution in [3.8, 4) is 39.7 Å². The van der Waals surface area contributed by atoms with Crippen LogP contribution >= 0.6 is 0 Å². The molecule has 0 aromatic heterocycles. The molecule has 3 aromatic rings. The molecule has 2 aliphatic heterocycles. The van der Waals surface area contributed by atoms with Crippen molar-refractivity contribution in [3.63, 3.8) is 0 Å². The predicted octanol–water partition coefficient (Wildman–Crippen LogP) is 7.96. The molecular formula is C30H22F5N3O. The van der Waals surface area contributed by atoms with Gasteiger partial charge in [0, 0.05) is 24.5 Å². The Morgan fingerprint density at radius 2 is 1.69 bits per heavy atom. The lowest BCUT2D eigenvalue weighted by atomic mass is 9.98. The molecule has 39 heavy (non-hydrogen) atoms. The predicted molar refractivity (Wildman–Crippen MR) is 139 cm³/mol. The Kier molecular flexibility index (Phi) is 7.15. The number of fused-ring (bicyclic) bond motifs is 1. The number of hydrogen-bond donors (Lipinski definition) is 0. The maximum atomic E-state index is 14.6. The molecule has 5 rings (SSSR count). The normalized spacial score (nSPS) is 11.6. The molecule has 0 atom stereocenters. The summed E-state index contributed by atoms with van der Waals surface area (Å²) in [5, 5.41) is 0. The number of imidazole rings is 1. The lowest BCUT2D eigenvalue weighted by Crippen LogP contribution is -2.08. The first-order valence-corrected chi connectivity index (χ1v) is 12.0. The van der Waals surface area contributed by atoms with Crippen molar-refractivity contribution in [3.05, 3.63) is 114 Å². The summed E-state index contributed by atoms with van der Waals surface area (Å²) < 4.78 is 76.1. The van der Waals surface area contributed by atoms with Crippen LogP contribution in [0.15, 0.2) is 91.8 Å². The zero-order chi connectivity index (χ0) is 27.6. The van der Waals surface area contributed by atoms with Crippen LogP contribution in [0.25, 0.3) is 33.9 Å². The molecule has 0 spiro atoms. The number of pyridine rings is 1. The van der Waals surface area contributed by atoms with Gasteiger partial charge in [-0.1, -0.05) is 55.1 Å². The summed E-state index contributed by atoms with van der Waals surface area (Å²) in [6.45, 7) is 3.11. The number of halogens is 5. The fourth-order valence-corrected chi connectivity index (χ4v) is 4.28. The van der Waals surface area contributed by atoms with E-state index in [-0.39, 0.29) is 34.9 Å². The molecular weight excluding hydrogens is 513 g/mol. The fraction of sp³-hybridized carbons (Fsp3) is 0.133. The van der Waals surface area contributed by atoms with E-state index < -0.39 is 24.2 Å². The average molecular weight is 536 g/mol. The number of rotatable bonds is 8. The monoisotopic (exact) mass is 535 g/mol. The quantitative estimate of drug-likeness (QED) is 0.150. The number of alkyl halides is 4. The number of aromatic nitrogens is 3. The van der Waals surface area contributed by atoms with E-state index in [4.69, 9.17) is 4.74 Å². The smallest absolute Gasteiger partial charge is 0.417 e. The van der Waals surface area contributed by atoms with Gasteiger partial charge in [0.2, 0.25) is 0 Å². The zero-order valence-electron chi connectivity index (χ0n) is 20.6. The Balaban J connectivity index is 1.38. The summed E-state index contributed by atoms with van der Waals surface area (Å²) in [7, 11) is 0. The highest BCUT2D eigenvalue weighted by Crippen LogP contribution is 2.39. The molecule has 3 aromatic carbocycles. The molecule has 0 saturated heterocycles. The molecule has 2 heterocycles. The van der Waals surface area contributed by atoms with Crippen molar-refractivity contribution in [2.24, 2.45) is 0 Å². The van der Waals surface area contributed by atoms with Crippen molar-refractivity contribution in [1.82, 2.24) is 14.5 Å². The highest BCUT2D eigenvalue weighted by atomic mass is 19.4. The number of nitrogens with zero attached hydrogens (tertiary/aromatic N) is 3. The summed E-state index contributed by atoms with van der Waals surface area (Å²) in [5.41, 5.74) is 1.70. The van der Waals surface area contributed by atoms with Crippen LogP contribution in [0, 0.1) is 5.82 Å². The van der Waals surface area contributed by atoms with Gasteiger partial charge >= 0.3 is 6.18 Å². The lowest BCUT2D eigenvalue weighted by molar-refractivity contribution is -0.137. The van der Waals surface area contributed by atoms with Gasteiger partial charge in [-0.15, -0.1) is 0 Å². The highest BCUT2D eigenvalue weighted by Gasteiger charge is 2.34. The van der Waals surface area contributed by atoms with Crippen molar-refractivity contribution < 1.29 is 26.7 Å². The molecule has 2 aliphatic rings. The van der Waals surface area contributed by atoms with E-state index in [0.29, 0.717) is 23.5 Å². The molecule has 0 bridgehead atoms. The van der Waals surface area contributed by atoms with Gasteiger partial charge in [0.1, 0.15) is 30.5 Å². The van der Waals surface area contributed by atoms with E-state index in [2.05, 4.69) is 16.5 Å². The van der Waals surface area contributed by atoms with Crippen LogP contribution in [0.4, 0.5) is 22.0 Å². The number of hydrogen-bond acceptors (Lipinski definition) is 3. The largest absolute Gasteiger partial charge is 0.490 e. The summed E-state index contributed by atoms with van der Waals surface area (Å²) in [4.78, 5) is 8.79. The molecule has 0 fully saturated rings. The van der Waals surface area contributed by atoms with Crippen molar-refractivity contribution in [1.29, 1.82) is 0 Å². The van der Waals surface area contributed by atoms with Gasteiger partial charge in [-0.05, 0) is 41.0 Å². The minimum absolute atomic E-state index is 0.0535. The second-order valence-electron chi connectivity index (χ2n) is 8.85. The summed E-state index contributed by atoms with van der Waals surface area (Å²) >= 11 is 0. The standard InChI is InChI=1S/C30H22F5N3O/c1-2-14-39-22-10-11-23(25(15-22)30(33,34)35)20-8-6-19(7-9-20)17-38-13-12-26-27(18-38)37-29(36-26)24-5-3-4-21(16-31)28(24)32/h2-13,15,18H,1,14,16-17H2. The minimum atomic E-state index is -4.55. The van der Waals surface area contributed by atoms with Gasteiger partial charge in [0.25, 0.3) is 0 Å². The maximum absolute atomic E-state index is 14.6. The second kappa shape index (κ2) is 10.7. The molecule has 0 amide bonds. The van der Waals surface area contributed by atoms with Gasteiger partial charge in [-0.3, -0.25) is 0 Å². The first-order valence-electron chi connectivity index (χ1n) is 12.0. The second-order valence-corrected chi connectivity index (χ2v) is 8.85. The minimum Gasteiger partial charge on any atom is -0.490 e. The van der Waals surface area contributed by atoms with E-state index in [9.17, 15) is 22.0 Å². The molecule has 0 N–H and O–H groups in total. The highest BCUT2D eigenvalue weighted by molar-refractivity contribution is 5.70. The van der Waals surface area contributed by atoms with Gasteiger partial charge in [-0.25, -0.2) is 18.7 Å². The van der Waals surface area contributed by atoms with Crippen LogP contribution in [-0.2, 0) is 19.4 Å². The third-order valence-corrected chi connectivity index (χ3v) is 6.19. The van der Waals surface area contributed by atoms with Crippen LogP contribution < -0.4 is 4.74 Å². The molecule has 0 radical (unpaired) electrons. The molecule has 198 valence electrons. The maximum Gasteiger partial charge on any atom is 0.417 e. The molecule has 4 nitrogen and oxygen atoms in total. The topological polar surface area (TPSA) is 39.9 Å². The Hall–Kier alpha value is -4.53. The molecule has 0 unspecified atom stereocenters. The van der Waals surface area contributed by atoms with Crippen LogP contribution in [0.5, 0.6) is 5.75 Å². The van der Waals surface area contributed by atoms with Gasteiger partial charge in [0.05, 0.1) is 16.8 Å². The third-order valence-electron chi connectivity index (χ3n) is 6.19. The van der Waals surface area contributed by atoms with Crippen molar-refractivity contribution in [2.45, 2.75) is 19.4 Å². The number of ether oxygens (including phenoxy) is 1. The lowest BCUT2D eigenvalue weighted by Gasteiger charge is -2.15. The van der Waals surface area contributed by atoms with Gasteiger partial charge in [-0.2, -0.15) is 13.2 Å². The molecule has 0 saturated carbocycles. The third kappa shape index (κ3) is 5.52. The van der Waals surface area contributed by atoms with Crippen LogP contribution in [0.3, 0.4) is 0 Å². The SMILES string of the molecule is C=CCOc1ccc(-c2ccc(Cn3ccc4nc(-c5cccc(CF)c5F)nc-4c3)cc2)c(C(F)(F)F)c1. The van der Waals surface area contributed by atoms with Gasteiger partial charge < -0.3 is 9.30 Å². The molecule has 0 aliphatic carbocycles. The van der Waals surface area contributed by atoms with Crippen LogP contribution in [0.1, 0.15) is 16.7 Å². The first kappa shape index (κ1) is 26.1. The summed E-state index contributed by atoms with van der Waals surface area (Å²) in [6.07, 6.45) is 0.445. The van der Waals surface area contributed by atoms with E-state index in [1.54, 1.807) is 48.8 Å². The van der Waals surface area contributed by atoms with Crippen molar-refractivity contribution in [2.75, 3.05) is 6.61 Å². The van der Waals surface area contributed by atoms with Crippen LogP contribution in [-0.4, -0.2) is 21.1 Å². The van der Waals surface area contributed by atoms with E-state index in [1.807, 2.05) is 4.57 Å². The summed E-state index contributed by atoms with van der Waals surface area (Å²) in [5.74, 6) is -0.400. The Morgan fingerprint density at radius 1 is 0.923 bits per heavy atom. The van der Waals surface area contributed by atoms with E-state index in [1.165, 1.54) is 30.3 Å². The Bertz CT molecular complexity index is 1590. The van der Waals surface area contributed by atoms with Crippen molar-refractivity contribution >= 4 is 0 Å². The Morgan fingerprint density at radius 3 is 2.41 bits per heavy atom. The number of benzene rings is 3. The van der Waals surface area contributed by atoms with Gasteiger partial charge in [0.15, 0.2) is 5.82 Å². The summed E-state index contributed by atoms with van der Waals surface area (Å²) in [6, 6.07) is 16.9. The van der Waals surface area contributed by atoms with E-state index >= 15 is 0 Å². The Labute approximate surface area is 221 Å². The van der Waals surface area contributed by atoms with Crippen LogP contribution in [0.2, 0.25) is 0 Å². The molecule has 9 heteroatoms.